The fraction of sp³-hybridized carbons (Fsp3) is 0.560. The van der Waals surface area contributed by atoms with Gasteiger partial charge in [-0.05, 0) is 56.7 Å². The average molecular weight is 495 g/mol. The number of anilines is 1. The summed E-state index contributed by atoms with van der Waals surface area (Å²) < 4.78 is 1.39. The Kier molecular flexibility index (Phi) is 6.39. The number of likely N-dealkylation sites (tertiary alicyclic amines) is 2. The molecule has 0 bridgehead atoms. The summed E-state index contributed by atoms with van der Waals surface area (Å²) in [5, 5.41) is 2.69. The van der Waals surface area contributed by atoms with Gasteiger partial charge < -0.3 is 16.4 Å². The van der Waals surface area contributed by atoms with Crippen LogP contribution < -0.4 is 22.5 Å². The lowest BCUT2D eigenvalue weighted by Crippen LogP contribution is -2.49. The van der Waals surface area contributed by atoms with Crippen LogP contribution in [0.2, 0.25) is 0 Å². The molecule has 0 radical (unpaired) electrons. The molecule has 11 nitrogen and oxygen atoms in total. The molecule has 1 saturated carbocycles. The Morgan fingerprint density at radius 1 is 1.14 bits per heavy atom. The van der Waals surface area contributed by atoms with Gasteiger partial charge in [0.25, 0.3) is 0 Å². The number of ketones is 1. The second-order valence-electron chi connectivity index (χ2n) is 10.8. The summed E-state index contributed by atoms with van der Waals surface area (Å²) >= 11 is 0. The lowest BCUT2D eigenvalue weighted by atomic mass is 9.84. The SMILES string of the molecule is CC(C)(N)C(=O)C1CCN(C(=O)Nc2ccn(-c3ccc(CN4C[C@@H]5C(N)[C@@H]5C4)nc3)c(=O)n2)CC1. The number of piperidine rings is 2. The van der Waals surface area contributed by atoms with Crippen molar-refractivity contribution in [1.82, 2.24) is 24.3 Å². The average Bonchev–Trinajstić information content (AvgIpc) is 3.23. The zero-order valence-electron chi connectivity index (χ0n) is 20.8. The fourth-order valence-electron chi connectivity index (χ4n) is 5.40. The van der Waals surface area contributed by atoms with Gasteiger partial charge in [0, 0.05) is 50.9 Å². The van der Waals surface area contributed by atoms with Crippen molar-refractivity contribution in [1.29, 1.82) is 0 Å². The Labute approximate surface area is 209 Å². The normalized spacial score (nSPS) is 24.4. The predicted molar refractivity (Wildman–Crippen MR) is 134 cm³/mol. The lowest BCUT2D eigenvalue weighted by molar-refractivity contribution is -0.128. The third kappa shape index (κ3) is 5.04. The van der Waals surface area contributed by atoms with Gasteiger partial charge in [-0.15, -0.1) is 0 Å². The van der Waals surface area contributed by atoms with Gasteiger partial charge in [0.05, 0.1) is 23.1 Å². The van der Waals surface area contributed by atoms with Crippen LogP contribution in [0.3, 0.4) is 0 Å². The van der Waals surface area contributed by atoms with Gasteiger partial charge in [-0.3, -0.25) is 24.6 Å². The maximum atomic E-state index is 12.7. The number of nitrogens with one attached hydrogen (secondary N) is 1. The zero-order valence-corrected chi connectivity index (χ0v) is 20.8. The van der Waals surface area contributed by atoms with E-state index in [9.17, 15) is 14.4 Å². The molecule has 2 amide bonds. The highest BCUT2D eigenvalue weighted by molar-refractivity contribution is 5.90. The third-order valence-electron chi connectivity index (χ3n) is 7.64. The Morgan fingerprint density at radius 3 is 2.42 bits per heavy atom. The number of aromatic nitrogens is 3. The summed E-state index contributed by atoms with van der Waals surface area (Å²) in [6.45, 7) is 7.12. The van der Waals surface area contributed by atoms with E-state index in [1.54, 1.807) is 37.2 Å². The van der Waals surface area contributed by atoms with Crippen LogP contribution in [0.4, 0.5) is 10.6 Å². The highest BCUT2D eigenvalue weighted by Crippen LogP contribution is 2.44. The summed E-state index contributed by atoms with van der Waals surface area (Å²) in [5.74, 6) is 1.32. The van der Waals surface area contributed by atoms with E-state index in [0.29, 0.717) is 49.5 Å². The fourth-order valence-corrected chi connectivity index (χ4v) is 5.40. The molecule has 2 aliphatic heterocycles. The maximum Gasteiger partial charge on any atom is 0.354 e. The van der Waals surface area contributed by atoms with E-state index < -0.39 is 11.2 Å². The molecule has 4 heterocycles. The minimum absolute atomic E-state index is 0.0209. The number of carbonyl (C=O) groups is 2. The molecule has 1 unspecified atom stereocenters. The van der Waals surface area contributed by atoms with Crippen molar-refractivity contribution in [2.45, 2.75) is 44.8 Å². The van der Waals surface area contributed by atoms with Crippen molar-refractivity contribution in [3.05, 3.63) is 46.8 Å². The number of Topliss-reactive ketones (excluding diaryl/α,β-unsaturated/α-hetero) is 1. The summed E-state index contributed by atoms with van der Waals surface area (Å²) in [6.07, 6.45) is 4.37. The molecular weight excluding hydrogens is 460 g/mol. The van der Waals surface area contributed by atoms with Gasteiger partial charge in [0.15, 0.2) is 5.78 Å². The predicted octanol–water partition coefficient (Wildman–Crippen LogP) is 0.567. The Bertz CT molecular complexity index is 1190. The standard InChI is InChI=1S/C25H34N8O3/c1-25(2,27)22(34)15-5-8-32(9-6-15)23(35)29-20-7-10-33(24(36)30-20)17-4-3-16(28-11-17)12-31-13-18-19(14-31)21(18)26/h3-4,7,10-11,15,18-19,21H,5-6,8-9,12-14,26-27H2,1-2H3,(H,29,30,35,36)/t18-,19+,21?. The largest absolute Gasteiger partial charge is 0.354 e. The maximum absolute atomic E-state index is 12.7. The molecule has 1 aliphatic carbocycles. The molecule has 2 aromatic rings. The topological polar surface area (TPSA) is 152 Å². The minimum atomic E-state index is -0.873. The molecular formula is C25H34N8O3. The van der Waals surface area contributed by atoms with Gasteiger partial charge in [-0.25, -0.2) is 9.59 Å². The van der Waals surface area contributed by atoms with Crippen molar-refractivity contribution in [2.75, 3.05) is 31.5 Å². The van der Waals surface area contributed by atoms with Gasteiger partial charge >= 0.3 is 11.7 Å². The van der Waals surface area contributed by atoms with E-state index in [1.807, 2.05) is 12.1 Å². The summed E-state index contributed by atoms with van der Waals surface area (Å²) in [6, 6.07) is 5.38. The van der Waals surface area contributed by atoms with Crippen LogP contribution in [0, 0.1) is 17.8 Å². The van der Waals surface area contributed by atoms with Crippen LogP contribution in [0.1, 0.15) is 32.4 Å². The first kappa shape index (κ1) is 24.5. The molecule has 192 valence electrons. The van der Waals surface area contributed by atoms with Crippen LogP contribution in [-0.2, 0) is 11.3 Å². The van der Waals surface area contributed by atoms with E-state index in [-0.39, 0.29) is 23.6 Å². The smallest absolute Gasteiger partial charge is 0.327 e. The number of nitrogens with two attached hydrogens (primary N) is 2. The second kappa shape index (κ2) is 9.38. The van der Waals surface area contributed by atoms with Gasteiger partial charge in [-0.1, -0.05) is 0 Å². The van der Waals surface area contributed by atoms with Gasteiger partial charge in [0.2, 0.25) is 0 Å². The van der Waals surface area contributed by atoms with Crippen LogP contribution in [-0.4, -0.2) is 73.9 Å². The van der Waals surface area contributed by atoms with Crippen LogP contribution in [0.5, 0.6) is 0 Å². The molecule has 3 fully saturated rings. The van der Waals surface area contributed by atoms with Crippen molar-refractivity contribution >= 4 is 17.6 Å². The molecule has 11 heteroatoms. The molecule has 2 aromatic heterocycles. The number of rotatable bonds is 6. The molecule has 2 saturated heterocycles. The van der Waals surface area contributed by atoms with Gasteiger partial charge in [-0.2, -0.15) is 4.98 Å². The van der Waals surface area contributed by atoms with E-state index in [2.05, 4.69) is 20.2 Å². The van der Waals surface area contributed by atoms with Crippen LogP contribution >= 0.6 is 0 Å². The van der Waals surface area contributed by atoms with Gasteiger partial charge in [0.1, 0.15) is 5.82 Å². The Hall–Kier alpha value is -3.15. The number of nitrogens with zero attached hydrogens (tertiary/aromatic N) is 5. The molecule has 36 heavy (non-hydrogen) atoms. The molecule has 5 rings (SSSR count). The molecule has 0 spiro atoms. The number of hydrogen-bond acceptors (Lipinski definition) is 8. The van der Waals surface area contributed by atoms with Crippen molar-refractivity contribution in [3.8, 4) is 5.69 Å². The first-order valence-corrected chi connectivity index (χ1v) is 12.5. The Balaban J connectivity index is 1.15. The summed E-state index contributed by atoms with van der Waals surface area (Å²) in [7, 11) is 0. The van der Waals surface area contributed by atoms with E-state index in [1.165, 1.54) is 4.57 Å². The first-order valence-electron chi connectivity index (χ1n) is 12.5. The van der Waals surface area contributed by atoms with Crippen molar-refractivity contribution in [2.24, 2.45) is 29.2 Å². The highest BCUT2D eigenvalue weighted by Gasteiger charge is 2.53. The van der Waals surface area contributed by atoms with Crippen molar-refractivity contribution in [3.63, 3.8) is 0 Å². The Morgan fingerprint density at radius 2 is 1.83 bits per heavy atom. The number of pyridine rings is 1. The van der Waals surface area contributed by atoms with Crippen LogP contribution in [0.25, 0.3) is 5.69 Å². The summed E-state index contributed by atoms with van der Waals surface area (Å²) in [5.41, 5.74) is 12.1. The number of hydrogen-bond donors (Lipinski definition) is 3. The zero-order chi connectivity index (χ0) is 25.6. The third-order valence-corrected chi connectivity index (χ3v) is 7.64. The lowest BCUT2D eigenvalue weighted by Gasteiger charge is -2.33. The van der Waals surface area contributed by atoms with Crippen molar-refractivity contribution < 1.29 is 9.59 Å². The molecule has 0 aromatic carbocycles. The summed E-state index contributed by atoms with van der Waals surface area (Å²) in [4.78, 5) is 50.2. The van der Waals surface area contributed by atoms with Crippen LogP contribution in [0.15, 0.2) is 35.4 Å². The minimum Gasteiger partial charge on any atom is -0.327 e. The van der Waals surface area contributed by atoms with E-state index in [0.717, 1.165) is 25.3 Å². The number of urea groups is 1. The first-order chi connectivity index (χ1) is 17.1. The quantitative estimate of drug-likeness (QED) is 0.527. The molecule has 3 aliphatic rings. The monoisotopic (exact) mass is 494 g/mol. The van der Waals surface area contributed by atoms with E-state index in [4.69, 9.17) is 11.5 Å². The number of fused-ring (bicyclic) bond motifs is 1. The highest BCUT2D eigenvalue weighted by atomic mass is 16.2. The van der Waals surface area contributed by atoms with E-state index >= 15 is 0 Å². The molecule has 3 atom stereocenters. The number of amides is 2. The molecule has 5 N–H and O–H groups in total. The number of carbonyl (C=O) groups excluding carboxylic acids is 2. The second-order valence-corrected chi connectivity index (χ2v) is 10.8.